The van der Waals surface area contributed by atoms with Gasteiger partial charge in [0.25, 0.3) is 21.8 Å². The number of sulfonamides is 1. The summed E-state index contributed by atoms with van der Waals surface area (Å²) >= 11 is 1.10. The maximum atomic E-state index is 13.4. The minimum atomic E-state index is -3.92. The van der Waals surface area contributed by atoms with Gasteiger partial charge in [0.05, 0.1) is 0 Å². The standard InChI is InChI=1S/C20H30N4O5S2/c21-14-6-8-15(9-7-14)22-18(25)19-23(20(26)16-4-1-12-29-16)10-3-11-24(19)31(27,28)17-5-2-13-30-17/h2,5,13-16,19H,1,3-4,6-12,21H2,(H,22,25). The number of nitrogens with zero attached hydrogens (tertiary/aromatic N) is 2. The Kier molecular flexibility index (Phi) is 6.97. The largest absolute Gasteiger partial charge is 0.368 e. The molecule has 3 heterocycles. The monoisotopic (exact) mass is 470 g/mol. The van der Waals surface area contributed by atoms with Gasteiger partial charge in [-0.15, -0.1) is 11.3 Å². The zero-order chi connectivity index (χ0) is 22.0. The number of nitrogens with one attached hydrogen (secondary N) is 1. The molecule has 2 amide bonds. The maximum absolute atomic E-state index is 13.4. The first kappa shape index (κ1) is 22.7. The number of rotatable bonds is 5. The Hall–Kier alpha value is -1.53. The smallest absolute Gasteiger partial charge is 0.259 e. The van der Waals surface area contributed by atoms with Gasteiger partial charge in [-0.05, 0) is 56.4 Å². The van der Waals surface area contributed by atoms with Gasteiger partial charge in [0.2, 0.25) is 0 Å². The molecule has 3 fully saturated rings. The van der Waals surface area contributed by atoms with Crippen LogP contribution >= 0.6 is 11.3 Å². The van der Waals surface area contributed by atoms with Gasteiger partial charge in [-0.1, -0.05) is 6.07 Å². The summed E-state index contributed by atoms with van der Waals surface area (Å²) in [5.74, 6) is -0.763. The van der Waals surface area contributed by atoms with E-state index in [1.165, 1.54) is 15.3 Å². The van der Waals surface area contributed by atoms with Crippen molar-refractivity contribution in [1.29, 1.82) is 0 Å². The molecule has 1 saturated carbocycles. The van der Waals surface area contributed by atoms with Gasteiger partial charge in [-0.25, -0.2) is 8.42 Å². The normalized spacial score (nSPS) is 30.3. The van der Waals surface area contributed by atoms with E-state index >= 15 is 0 Å². The van der Waals surface area contributed by atoms with E-state index in [9.17, 15) is 18.0 Å². The van der Waals surface area contributed by atoms with Gasteiger partial charge in [-0.2, -0.15) is 4.31 Å². The number of thiophene rings is 1. The molecule has 2 atom stereocenters. The fourth-order valence-electron chi connectivity index (χ4n) is 4.57. The fourth-order valence-corrected chi connectivity index (χ4v) is 7.29. The van der Waals surface area contributed by atoms with Crippen LogP contribution in [0.5, 0.6) is 0 Å². The number of carbonyl (C=O) groups excluding carboxylic acids is 2. The van der Waals surface area contributed by atoms with E-state index in [4.69, 9.17) is 10.5 Å². The van der Waals surface area contributed by atoms with Crippen molar-refractivity contribution in [3.8, 4) is 0 Å². The Bertz CT molecular complexity index is 877. The van der Waals surface area contributed by atoms with Crippen LogP contribution < -0.4 is 11.1 Å². The highest BCUT2D eigenvalue weighted by Crippen LogP contribution is 2.29. The molecule has 1 aromatic heterocycles. The maximum Gasteiger partial charge on any atom is 0.259 e. The molecule has 1 aromatic rings. The number of amides is 2. The molecule has 0 aromatic carbocycles. The van der Waals surface area contributed by atoms with Gasteiger partial charge >= 0.3 is 0 Å². The molecule has 11 heteroatoms. The number of hydrogen-bond acceptors (Lipinski definition) is 7. The molecule has 2 saturated heterocycles. The average molecular weight is 471 g/mol. The van der Waals surface area contributed by atoms with Crippen LogP contribution in [0.4, 0.5) is 0 Å². The molecular formula is C20H30N4O5S2. The third-order valence-electron chi connectivity index (χ3n) is 6.24. The van der Waals surface area contributed by atoms with Crippen LogP contribution in [0.3, 0.4) is 0 Å². The van der Waals surface area contributed by atoms with Crippen LogP contribution in [0.2, 0.25) is 0 Å². The van der Waals surface area contributed by atoms with Gasteiger partial charge < -0.3 is 20.7 Å². The van der Waals surface area contributed by atoms with Gasteiger partial charge in [0.1, 0.15) is 10.3 Å². The lowest BCUT2D eigenvalue weighted by molar-refractivity contribution is -0.154. The predicted molar refractivity (Wildman–Crippen MR) is 116 cm³/mol. The Balaban J connectivity index is 1.61. The SMILES string of the molecule is NC1CCC(NC(=O)C2N(C(=O)C3CCCO3)CCCN2S(=O)(=O)c2cccs2)CC1. The summed E-state index contributed by atoms with van der Waals surface area (Å²) in [6.45, 7) is 1.01. The van der Waals surface area contributed by atoms with Crippen LogP contribution in [0.1, 0.15) is 44.9 Å². The summed E-state index contributed by atoms with van der Waals surface area (Å²) in [7, 11) is -3.92. The van der Waals surface area contributed by atoms with E-state index in [0.717, 1.165) is 43.4 Å². The summed E-state index contributed by atoms with van der Waals surface area (Å²) < 4.78 is 33.6. The number of carbonyl (C=O) groups is 2. The minimum Gasteiger partial charge on any atom is -0.368 e. The topological polar surface area (TPSA) is 122 Å². The summed E-state index contributed by atoms with van der Waals surface area (Å²) in [5.41, 5.74) is 5.97. The highest BCUT2D eigenvalue weighted by Gasteiger charge is 2.46. The Morgan fingerprint density at radius 1 is 1.13 bits per heavy atom. The highest BCUT2D eigenvalue weighted by molar-refractivity contribution is 7.91. The van der Waals surface area contributed by atoms with E-state index < -0.39 is 28.2 Å². The Morgan fingerprint density at radius 3 is 2.55 bits per heavy atom. The van der Waals surface area contributed by atoms with E-state index in [0.29, 0.717) is 26.0 Å². The molecule has 4 rings (SSSR count). The number of ether oxygens (including phenoxy) is 1. The molecule has 3 N–H and O–H groups in total. The lowest BCUT2D eigenvalue weighted by Crippen LogP contribution is -2.65. The van der Waals surface area contributed by atoms with Gasteiger partial charge in [0.15, 0.2) is 6.17 Å². The molecule has 3 aliphatic rings. The summed E-state index contributed by atoms with van der Waals surface area (Å²) in [5, 5.41) is 4.69. The molecule has 1 aliphatic carbocycles. The van der Waals surface area contributed by atoms with Crippen molar-refractivity contribution in [3.63, 3.8) is 0 Å². The van der Waals surface area contributed by atoms with E-state index in [-0.39, 0.29) is 28.7 Å². The highest BCUT2D eigenvalue weighted by atomic mass is 32.2. The quantitative estimate of drug-likeness (QED) is 0.658. The van der Waals surface area contributed by atoms with Gasteiger partial charge in [-0.3, -0.25) is 9.59 Å². The third-order valence-corrected chi connectivity index (χ3v) is 9.47. The number of nitrogens with two attached hydrogens (primary N) is 1. The van der Waals surface area contributed by atoms with E-state index in [2.05, 4.69) is 5.32 Å². The minimum absolute atomic E-state index is 0.0693. The zero-order valence-corrected chi connectivity index (χ0v) is 19.1. The summed E-state index contributed by atoms with van der Waals surface area (Å²) in [6, 6.07) is 3.26. The molecule has 0 bridgehead atoms. The van der Waals surface area contributed by atoms with Crippen LogP contribution in [-0.4, -0.2) is 73.5 Å². The second-order valence-electron chi connectivity index (χ2n) is 8.43. The summed E-state index contributed by atoms with van der Waals surface area (Å²) in [6.07, 6.45) is 3.11. The van der Waals surface area contributed by atoms with E-state index in [1.807, 2.05) is 0 Å². The molecular weight excluding hydrogens is 440 g/mol. The third kappa shape index (κ3) is 4.80. The molecule has 2 unspecified atom stereocenters. The first-order valence-electron chi connectivity index (χ1n) is 10.9. The number of hydrogen-bond donors (Lipinski definition) is 2. The Morgan fingerprint density at radius 2 is 1.90 bits per heavy atom. The van der Waals surface area contributed by atoms with Crippen molar-refractivity contribution >= 4 is 33.2 Å². The molecule has 2 aliphatic heterocycles. The zero-order valence-electron chi connectivity index (χ0n) is 17.4. The van der Waals surface area contributed by atoms with E-state index in [1.54, 1.807) is 11.4 Å². The van der Waals surface area contributed by atoms with Crippen LogP contribution in [0.15, 0.2) is 21.7 Å². The molecule has 172 valence electrons. The van der Waals surface area contributed by atoms with Crippen molar-refractivity contribution in [2.45, 2.75) is 73.5 Å². The first-order chi connectivity index (χ1) is 14.9. The van der Waals surface area contributed by atoms with Crippen molar-refractivity contribution in [2.75, 3.05) is 19.7 Å². The van der Waals surface area contributed by atoms with Crippen molar-refractivity contribution in [1.82, 2.24) is 14.5 Å². The van der Waals surface area contributed by atoms with Gasteiger partial charge in [0, 0.05) is 31.8 Å². The first-order valence-corrected chi connectivity index (χ1v) is 13.2. The lowest BCUT2D eigenvalue weighted by atomic mass is 9.92. The molecule has 31 heavy (non-hydrogen) atoms. The predicted octanol–water partition coefficient (Wildman–Crippen LogP) is 0.862. The average Bonchev–Trinajstić information content (AvgIpc) is 3.49. The molecule has 0 radical (unpaired) electrons. The van der Waals surface area contributed by atoms with Crippen molar-refractivity contribution in [2.24, 2.45) is 5.73 Å². The lowest BCUT2D eigenvalue weighted by Gasteiger charge is -2.43. The van der Waals surface area contributed by atoms with Crippen molar-refractivity contribution in [3.05, 3.63) is 17.5 Å². The summed E-state index contributed by atoms with van der Waals surface area (Å²) in [4.78, 5) is 28.0. The second-order valence-corrected chi connectivity index (χ2v) is 11.5. The van der Waals surface area contributed by atoms with Crippen LogP contribution in [0, 0.1) is 0 Å². The Labute approximate surface area is 187 Å². The molecule has 9 nitrogen and oxygen atoms in total. The van der Waals surface area contributed by atoms with Crippen molar-refractivity contribution < 1.29 is 22.7 Å². The fraction of sp³-hybridized carbons (Fsp3) is 0.700. The van der Waals surface area contributed by atoms with Crippen LogP contribution in [-0.2, 0) is 24.3 Å². The molecule has 0 spiro atoms. The second kappa shape index (κ2) is 9.53. The van der Waals surface area contributed by atoms with Crippen LogP contribution in [0.25, 0.3) is 0 Å².